The molecule has 0 bridgehead atoms. The summed E-state index contributed by atoms with van der Waals surface area (Å²) in [7, 11) is 0. The molecule has 0 radical (unpaired) electrons. The van der Waals surface area contributed by atoms with Crippen LogP contribution in [0.15, 0.2) is 0 Å². The summed E-state index contributed by atoms with van der Waals surface area (Å²) in [6, 6.07) is -0.714. The molecule has 7 unspecified atom stereocenters. The molecule has 0 aromatic rings. The molecule has 0 spiro atoms. The lowest BCUT2D eigenvalue weighted by Crippen LogP contribution is -2.60. The van der Waals surface area contributed by atoms with Crippen molar-refractivity contribution in [2.45, 2.75) is 397 Å². The van der Waals surface area contributed by atoms with Crippen molar-refractivity contribution in [2.75, 3.05) is 13.2 Å². The quantitative estimate of drug-likeness (QED) is 0.0330. The first-order valence-electron chi connectivity index (χ1n) is 33.2. The highest BCUT2D eigenvalue weighted by molar-refractivity contribution is 5.76. The number of rotatable bonds is 59. The van der Waals surface area contributed by atoms with Crippen LogP contribution in [0.4, 0.5) is 0 Å². The van der Waals surface area contributed by atoms with E-state index in [2.05, 4.69) is 19.2 Å². The van der Waals surface area contributed by atoms with Crippen LogP contribution in [0.2, 0.25) is 0 Å². The Kier molecular flexibility index (Phi) is 53.4. The largest absolute Gasteiger partial charge is 0.394 e. The number of ether oxygens (including phenoxy) is 2. The number of hydrogen-bond donors (Lipinski definition) is 6. The zero-order valence-electron chi connectivity index (χ0n) is 49.4. The Morgan fingerprint density at radius 3 is 0.959 bits per heavy atom. The zero-order chi connectivity index (χ0) is 53.6. The summed E-state index contributed by atoms with van der Waals surface area (Å²) in [5.74, 6) is -0.134. The number of aliphatic hydroxyl groups excluding tert-OH is 5. The Morgan fingerprint density at radius 1 is 0.405 bits per heavy atom. The summed E-state index contributed by atoms with van der Waals surface area (Å²) >= 11 is 0. The van der Waals surface area contributed by atoms with Crippen LogP contribution in [-0.2, 0) is 14.3 Å². The minimum absolute atomic E-state index is 0.130. The molecular weight excluding hydrogens is 923 g/mol. The fraction of sp³-hybridized carbons (Fsp3) is 0.985. The molecule has 74 heavy (non-hydrogen) atoms. The van der Waals surface area contributed by atoms with E-state index < -0.39 is 49.5 Å². The predicted molar refractivity (Wildman–Crippen MR) is 314 cm³/mol. The van der Waals surface area contributed by atoms with E-state index in [-0.39, 0.29) is 12.5 Å². The number of hydrogen-bond acceptors (Lipinski definition) is 8. The molecule has 0 saturated carbocycles. The second-order valence-electron chi connectivity index (χ2n) is 23.6. The normalized spacial score (nSPS) is 18.8. The van der Waals surface area contributed by atoms with Crippen LogP contribution in [0, 0.1) is 0 Å². The van der Waals surface area contributed by atoms with Crippen molar-refractivity contribution in [3.05, 3.63) is 0 Å². The van der Waals surface area contributed by atoms with Gasteiger partial charge in [-0.15, -0.1) is 0 Å². The van der Waals surface area contributed by atoms with Gasteiger partial charge in [0.15, 0.2) is 6.29 Å². The summed E-state index contributed by atoms with van der Waals surface area (Å²) < 4.78 is 11.4. The molecule has 1 saturated heterocycles. The van der Waals surface area contributed by atoms with Crippen LogP contribution in [0.3, 0.4) is 0 Å². The van der Waals surface area contributed by atoms with Gasteiger partial charge in [-0.3, -0.25) is 4.79 Å². The maximum absolute atomic E-state index is 13.1. The van der Waals surface area contributed by atoms with Crippen molar-refractivity contribution >= 4 is 5.91 Å². The molecule has 1 amide bonds. The molecular formula is C65H129NO8. The van der Waals surface area contributed by atoms with E-state index in [1.165, 1.54) is 289 Å². The topological polar surface area (TPSA) is 149 Å². The van der Waals surface area contributed by atoms with Crippen LogP contribution >= 0.6 is 0 Å². The molecule has 1 aliphatic heterocycles. The van der Waals surface area contributed by atoms with Gasteiger partial charge >= 0.3 is 0 Å². The second kappa shape index (κ2) is 55.5. The molecule has 7 atom stereocenters. The summed E-state index contributed by atoms with van der Waals surface area (Å²) in [5, 5.41) is 54.9. The molecule has 1 heterocycles. The van der Waals surface area contributed by atoms with Crippen molar-refractivity contribution in [3.63, 3.8) is 0 Å². The number of aliphatic hydroxyl groups is 5. The lowest BCUT2D eigenvalue weighted by atomic mass is 9.99. The number of unbranched alkanes of at least 4 members (excludes halogenated alkanes) is 49. The van der Waals surface area contributed by atoms with Gasteiger partial charge < -0.3 is 40.3 Å². The highest BCUT2D eigenvalue weighted by atomic mass is 16.7. The molecule has 6 N–H and O–H groups in total. The third-order valence-corrected chi connectivity index (χ3v) is 16.5. The van der Waals surface area contributed by atoms with Crippen LogP contribution in [-0.4, -0.2) is 87.5 Å². The Bertz CT molecular complexity index is 1130. The maximum Gasteiger partial charge on any atom is 0.220 e. The minimum Gasteiger partial charge on any atom is -0.394 e. The maximum atomic E-state index is 13.1. The molecule has 9 nitrogen and oxygen atoms in total. The van der Waals surface area contributed by atoms with Gasteiger partial charge in [0.05, 0.1) is 25.4 Å². The molecule has 9 heteroatoms. The average Bonchev–Trinajstić information content (AvgIpc) is 3.40. The van der Waals surface area contributed by atoms with Gasteiger partial charge in [0.1, 0.15) is 24.4 Å². The minimum atomic E-state index is -1.55. The highest BCUT2D eigenvalue weighted by Crippen LogP contribution is 2.24. The molecule has 1 rings (SSSR count). The van der Waals surface area contributed by atoms with Gasteiger partial charge in [0.25, 0.3) is 0 Å². The summed E-state index contributed by atoms with van der Waals surface area (Å²) in [4.78, 5) is 13.1. The summed E-state index contributed by atoms with van der Waals surface area (Å²) in [5.41, 5.74) is 0. The van der Waals surface area contributed by atoms with Gasteiger partial charge in [-0.2, -0.15) is 0 Å². The third kappa shape index (κ3) is 44.1. The first-order valence-corrected chi connectivity index (χ1v) is 33.2. The number of carbonyl (C=O) groups excluding carboxylic acids is 1. The summed E-state index contributed by atoms with van der Waals surface area (Å²) in [6.45, 7) is 3.90. The Morgan fingerprint density at radius 2 is 0.676 bits per heavy atom. The monoisotopic (exact) mass is 1050 g/mol. The van der Waals surface area contributed by atoms with Gasteiger partial charge in [0, 0.05) is 6.42 Å². The van der Waals surface area contributed by atoms with E-state index >= 15 is 0 Å². The van der Waals surface area contributed by atoms with Crippen LogP contribution in [0.25, 0.3) is 0 Å². The Balaban J connectivity index is 2.11. The first-order chi connectivity index (χ1) is 36.3. The van der Waals surface area contributed by atoms with Gasteiger partial charge in [-0.1, -0.05) is 335 Å². The van der Waals surface area contributed by atoms with Gasteiger partial charge in [0.2, 0.25) is 5.91 Å². The van der Waals surface area contributed by atoms with E-state index in [0.29, 0.717) is 12.8 Å². The predicted octanol–water partition coefficient (Wildman–Crippen LogP) is 17.4. The van der Waals surface area contributed by atoms with E-state index in [4.69, 9.17) is 9.47 Å². The second-order valence-corrected chi connectivity index (χ2v) is 23.6. The highest BCUT2D eigenvalue weighted by Gasteiger charge is 2.44. The third-order valence-electron chi connectivity index (χ3n) is 16.5. The molecule has 0 aromatic carbocycles. The number of amides is 1. The molecule has 0 aliphatic carbocycles. The zero-order valence-corrected chi connectivity index (χ0v) is 49.4. The van der Waals surface area contributed by atoms with Crippen molar-refractivity contribution in [1.82, 2.24) is 5.32 Å². The van der Waals surface area contributed by atoms with Crippen molar-refractivity contribution < 1.29 is 39.8 Å². The SMILES string of the molecule is CCCCCCCCCCCCCCCCCCCCCCCCCCCCCCCC(=O)NC(COC1OC(CO)C(O)C(O)C1O)C(O)CCCCCCCCCCCCCCCCCCCCCCCC. The van der Waals surface area contributed by atoms with Gasteiger partial charge in [-0.05, 0) is 12.8 Å². The smallest absolute Gasteiger partial charge is 0.220 e. The fourth-order valence-electron chi connectivity index (χ4n) is 11.2. The van der Waals surface area contributed by atoms with Gasteiger partial charge in [-0.25, -0.2) is 0 Å². The first kappa shape index (κ1) is 71.2. The van der Waals surface area contributed by atoms with Crippen molar-refractivity contribution in [2.24, 2.45) is 0 Å². The molecule has 442 valence electrons. The fourth-order valence-corrected chi connectivity index (χ4v) is 11.2. The standard InChI is InChI=1S/C65H129NO8/c1-3-5-7-9-11-13-15-17-19-21-23-25-27-28-29-30-31-32-33-35-37-39-41-43-45-47-49-51-53-55-61(69)66-58(57-73-65-64(72)63(71)62(70)60(56-67)74-65)59(68)54-52-50-48-46-44-42-40-38-36-34-26-24-22-20-18-16-14-12-10-8-6-4-2/h58-60,62-65,67-68,70-72H,3-57H2,1-2H3,(H,66,69). The van der Waals surface area contributed by atoms with E-state index in [1.54, 1.807) is 0 Å². The molecule has 1 aliphatic rings. The molecule has 1 fully saturated rings. The van der Waals surface area contributed by atoms with E-state index in [1.807, 2.05) is 0 Å². The van der Waals surface area contributed by atoms with Crippen LogP contribution in [0.5, 0.6) is 0 Å². The molecule has 0 aromatic heterocycles. The Labute approximate surface area is 459 Å². The van der Waals surface area contributed by atoms with E-state index in [9.17, 15) is 30.3 Å². The average molecular weight is 1050 g/mol. The van der Waals surface area contributed by atoms with Crippen molar-refractivity contribution in [1.29, 1.82) is 0 Å². The lowest BCUT2D eigenvalue weighted by Gasteiger charge is -2.40. The van der Waals surface area contributed by atoms with E-state index in [0.717, 1.165) is 38.5 Å². The number of nitrogens with one attached hydrogen (secondary N) is 1. The van der Waals surface area contributed by atoms with Crippen LogP contribution in [0.1, 0.15) is 354 Å². The van der Waals surface area contributed by atoms with Crippen LogP contribution < -0.4 is 5.32 Å². The Hall–Kier alpha value is -0.810. The summed E-state index contributed by atoms with van der Waals surface area (Å²) in [6.07, 6.45) is 61.6. The lowest BCUT2D eigenvalue weighted by molar-refractivity contribution is -0.302. The number of carbonyl (C=O) groups is 1. The van der Waals surface area contributed by atoms with Crippen molar-refractivity contribution in [3.8, 4) is 0 Å².